The topological polar surface area (TPSA) is 78.9 Å². The van der Waals surface area contributed by atoms with E-state index in [1.165, 1.54) is 83.5 Å². The maximum absolute atomic E-state index is 12.9. The highest BCUT2D eigenvalue weighted by Gasteiger charge is 2.19. The van der Waals surface area contributed by atoms with Crippen molar-refractivity contribution < 1.29 is 28.6 Å². The van der Waals surface area contributed by atoms with Gasteiger partial charge >= 0.3 is 17.9 Å². The van der Waals surface area contributed by atoms with E-state index in [-0.39, 0.29) is 31.1 Å². The van der Waals surface area contributed by atoms with Gasteiger partial charge in [0.15, 0.2) is 6.10 Å². The highest BCUT2D eigenvalue weighted by molar-refractivity contribution is 5.71. The Kier molecular flexibility index (Phi) is 61.9. The van der Waals surface area contributed by atoms with Crippen LogP contribution < -0.4 is 0 Å². The monoisotopic (exact) mass is 1090 g/mol. The van der Waals surface area contributed by atoms with E-state index >= 15 is 0 Å². The lowest BCUT2D eigenvalue weighted by molar-refractivity contribution is -0.167. The normalized spacial score (nSPS) is 13.1. The largest absolute Gasteiger partial charge is 0.462 e. The molecule has 0 saturated heterocycles. The van der Waals surface area contributed by atoms with Crippen LogP contribution >= 0.6 is 0 Å². The molecule has 6 nitrogen and oxygen atoms in total. The van der Waals surface area contributed by atoms with Crippen molar-refractivity contribution in [3.63, 3.8) is 0 Å². The van der Waals surface area contributed by atoms with Crippen molar-refractivity contribution in [2.24, 2.45) is 0 Å². The second kappa shape index (κ2) is 65.8. The molecule has 79 heavy (non-hydrogen) atoms. The molecule has 0 fully saturated rings. The Labute approximate surface area is 487 Å². The van der Waals surface area contributed by atoms with Crippen LogP contribution in [0, 0.1) is 0 Å². The quantitative estimate of drug-likeness (QED) is 0.0261. The Balaban J connectivity index is 4.30. The third-order valence-corrected chi connectivity index (χ3v) is 13.3. The second-order valence-corrected chi connectivity index (χ2v) is 20.9. The lowest BCUT2D eigenvalue weighted by atomic mass is 10.1. The molecule has 0 bridgehead atoms. The van der Waals surface area contributed by atoms with E-state index in [1.807, 2.05) is 0 Å². The van der Waals surface area contributed by atoms with Crippen LogP contribution in [0.15, 0.2) is 146 Å². The fraction of sp³-hybridized carbons (Fsp3) is 0.630. The van der Waals surface area contributed by atoms with E-state index in [4.69, 9.17) is 14.2 Å². The number of hydrogen-bond acceptors (Lipinski definition) is 6. The summed E-state index contributed by atoms with van der Waals surface area (Å²) in [7, 11) is 0. The molecule has 1 atom stereocenters. The van der Waals surface area contributed by atoms with Crippen LogP contribution in [0.1, 0.15) is 278 Å². The van der Waals surface area contributed by atoms with Crippen LogP contribution in [-0.2, 0) is 28.6 Å². The summed E-state index contributed by atoms with van der Waals surface area (Å²) in [5.74, 6) is -0.916. The Morgan fingerprint density at radius 2 is 0.494 bits per heavy atom. The van der Waals surface area contributed by atoms with E-state index < -0.39 is 6.10 Å². The zero-order valence-corrected chi connectivity index (χ0v) is 51.1. The lowest BCUT2D eigenvalue weighted by Gasteiger charge is -2.18. The number of ether oxygens (including phenoxy) is 3. The minimum Gasteiger partial charge on any atom is -0.462 e. The van der Waals surface area contributed by atoms with Gasteiger partial charge in [0.25, 0.3) is 0 Å². The molecule has 0 aromatic carbocycles. The van der Waals surface area contributed by atoms with Gasteiger partial charge in [-0.15, -0.1) is 0 Å². The number of unbranched alkanes of at least 4 members (excludes halogenated alkanes) is 22. The summed E-state index contributed by atoms with van der Waals surface area (Å²) in [6.07, 6.45) is 94.3. The van der Waals surface area contributed by atoms with E-state index in [9.17, 15) is 14.4 Å². The number of hydrogen-bond donors (Lipinski definition) is 0. The number of carbonyl (C=O) groups excluding carboxylic acids is 3. The molecule has 6 heteroatoms. The van der Waals surface area contributed by atoms with Gasteiger partial charge in [-0.05, 0) is 122 Å². The third kappa shape index (κ3) is 64.0. The van der Waals surface area contributed by atoms with Crippen molar-refractivity contribution >= 4 is 17.9 Å². The maximum Gasteiger partial charge on any atom is 0.306 e. The SMILES string of the molecule is CC/C=C\C/C=C\C/C=C\C/C=C\C/C=C\C/C=C\CCCCCCCCCCC(=O)OCC(COC(=O)CCCCCCCCCCC)OC(=O)CCCCCCCC/C=C\C/C=C\C/C=C\C/C=C\C/C=C\C/C=C\CC. The van der Waals surface area contributed by atoms with Gasteiger partial charge in [0, 0.05) is 19.3 Å². The molecule has 1 unspecified atom stereocenters. The van der Waals surface area contributed by atoms with Crippen molar-refractivity contribution in [3.05, 3.63) is 146 Å². The minimum atomic E-state index is -0.795. The summed E-state index contributed by atoms with van der Waals surface area (Å²) >= 11 is 0. The van der Waals surface area contributed by atoms with Gasteiger partial charge in [-0.2, -0.15) is 0 Å². The van der Waals surface area contributed by atoms with Crippen LogP contribution in [0.2, 0.25) is 0 Å². The summed E-state index contributed by atoms with van der Waals surface area (Å²) in [4.78, 5) is 38.2. The summed E-state index contributed by atoms with van der Waals surface area (Å²) < 4.78 is 16.9. The van der Waals surface area contributed by atoms with Gasteiger partial charge in [0.1, 0.15) is 13.2 Å². The van der Waals surface area contributed by atoms with Gasteiger partial charge in [-0.25, -0.2) is 0 Å². The van der Waals surface area contributed by atoms with Crippen LogP contribution in [0.25, 0.3) is 0 Å². The molecule has 0 aliphatic heterocycles. The molecule has 0 amide bonds. The summed E-state index contributed by atoms with van der Waals surface area (Å²) in [6, 6.07) is 0. The number of carbonyl (C=O) groups is 3. The fourth-order valence-corrected chi connectivity index (χ4v) is 8.57. The van der Waals surface area contributed by atoms with E-state index in [2.05, 4.69) is 167 Å². The Morgan fingerprint density at radius 3 is 0.772 bits per heavy atom. The van der Waals surface area contributed by atoms with Gasteiger partial charge in [-0.1, -0.05) is 282 Å². The number of allylic oxidation sites excluding steroid dienone is 24. The first-order valence-corrected chi connectivity index (χ1v) is 32.3. The molecule has 0 saturated carbocycles. The third-order valence-electron chi connectivity index (χ3n) is 13.3. The molecule has 0 aromatic rings. The molecule has 0 aromatic heterocycles. The second-order valence-electron chi connectivity index (χ2n) is 20.9. The van der Waals surface area contributed by atoms with E-state index in [0.717, 1.165) is 154 Å². The predicted octanol–water partition coefficient (Wildman–Crippen LogP) is 22.3. The Hall–Kier alpha value is -4.71. The van der Waals surface area contributed by atoms with Crippen molar-refractivity contribution in [2.75, 3.05) is 13.2 Å². The minimum absolute atomic E-state index is 0.0898. The van der Waals surface area contributed by atoms with Gasteiger partial charge in [0.2, 0.25) is 0 Å². The molecule has 0 aliphatic rings. The fourth-order valence-electron chi connectivity index (χ4n) is 8.57. The van der Waals surface area contributed by atoms with Gasteiger partial charge < -0.3 is 14.2 Å². The summed E-state index contributed by atoms with van der Waals surface area (Å²) in [6.45, 7) is 6.38. The molecule has 0 radical (unpaired) electrons. The summed E-state index contributed by atoms with van der Waals surface area (Å²) in [5.41, 5.74) is 0. The van der Waals surface area contributed by atoms with Gasteiger partial charge in [0.05, 0.1) is 0 Å². The highest BCUT2D eigenvalue weighted by atomic mass is 16.6. The molecule has 0 N–H and O–H groups in total. The zero-order valence-electron chi connectivity index (χ0n) is 51.1. The van der Waals surface area contributed by atoms with Crippen LogP contribution in [-0.4, -0.2) is 37.2 Å². The average molecular weight is 1090 g/mol. The first-order chi connectivity index (χ1) is 39.0. The van der Waals surface area contributed by atoms with E-state index in [0.29, 0.717) is 19.3 Å². The van der Waals surface area contributed by atoms with Crippen molar-refractivity contribution in [2.45, 2.75) is 284 Å². The zero-order chi connectivity index (χ0) is 57.1. The standard InChI is InChI=1S/C73H118O6/c1-4-7-10-13-16-19-21-23-25-27-29-31-33-35-36-38-39-41-43-45-47-49-51-54-57-60-63-66-72(75)78-69-70(68-77-71(74)65-62-59-56-53-18-15-12-9-6-3)79-73(76)67-64-61-58-55-52-50-48-46-44-42-40-37-34-32-30-28-26-24-22-20-17-14-11-8-5-2/h7-8,10-11,16-17,19-20,23-26,29-32,35-37,39-41,44,46,70H,4-6,9,12-15,18,21-22,27-28,33-34,38,42-43,45,47-69H2,1-3H3/b10-7-,11-8-,19-16-,20-17-,25-23-,26-24-,31-29-,32-30-,36-35-,40-37-,41-39-,46-44-. The lowest BCUT2D eigenvalue weighted by Crippen LogP contribution is -2.30. The van der Waals surface area contributed by atoms with E-state index in [1.54, 1.807) is 0 Å². The number of esters is 3. The molecule has 0 rings (SSSR count). The highest BCUT2D eigenvalue weighted by Crippen LogP contribution is 2.15. The van der Waals surface area contributed by atoms with Crippen molar-refractivity contribution in [3.8, 4) is 0 Å². The molecule has 0 heterocycles. The Bertz CT molecular complexity index is 1730. The molecule has 0 aliphatic carbocycles. The van der Waals surface area contributed by atoms with Crippen molar-refractivity contribution in [1.82, 2.24) is 0 Å². The van der Waals surface area contributed by atoms with Crippen LogP contribution in [0.4, 0.5) is 0 Å². The molecular formula is C73H118O6. The summed E-state index contributed by atoms with van der Waals surface area (Å²) in [5, 5.41) is 0. The average Bonchev–Trinajstić information content (AvgIpc) is 3.45. The molecule has 0 spiro atoms. The Morgan fingerprint density at radius 1 is 0.266 bits per heavy atom. The van der Waals surface area contributed by atoms with Crippen LogP contribution in [0.5, 0.6) is 0 Å². The maximum atomic E-state index is 12.9. The first-order valence-electron chi connectivity index (χ1n) is 32.3. The molecule has 446 valence electrons. The van der Waals surface area contributed by atoms with Crippen LogP contribution in [0.3, 0.4) is 0 Å². The molecular weight excluding hydrogens is 973 g/mol. The van der Waals surface area contributed by atoms with Crippen molar-refractivity contribution in [1.29, 1.82) is 0 Å². The first kappa shape index (κ1) is 74.3. The smallest absolute Gasteiger partial charge is 0.306 e. The van der Waals surface area contributed by atoms with Gasteiger partial charge in [-0.3, -0.25) is 14.4 Å². The number of rotatable bonds is 57. The predicted molar refractivity (Wildman–Crippen MR) is 343 cm³/mol.